The predicted octanol–water partition coefficient (Wildman–Crippen LogP) is 1.93. The fraction of sp³-hybridized carbons (Fsp3) is 0.125. The fourth-order valence-electron chi connectivity index (χ4n) is 2.11. The first-order valence-corrected chi connectivity index (χ1v) is 6.29. The average Bonchev–Trinajstić information content (AvgIpc) is 2.56. The molecule has 1 atom stereocenters. The minimum Gasteiger partial charge on any atom is -0.466 e. The molecule has 2 N–H and O–H groups in total. The number of hydrogen-bond acceptors (Lipinski definition) is 5. The van der Waals surface area contributed by atoms with Gasteiger partial charge in [0.1, 0.15) is 5.71 Å². The first-order valence-electron chi connectivity index (χ1n) is 6.29. The van der Waals surface area contributed by atoms with Crippen LogP contribution in [-0.4, -0.2) is 29.1 Å². The lowest BCUT2D eigenvalue weighted by Gasteiger charge is -2.26. The van der Waals surface area contributed by atoms with E-state index >= 15 is 0 Å². The summed E-state index contributed by atoms with van der Waals surface area (Å²) in [7, 11) is 1.16. The number of nitrogens with zero attached hydrogens (tertiary/aromatic N) is 1. The number of oxime groups is 1. The number of esters is 1. The quantitative estimate of drug-likeness (QED) is 0.389. The van der Waals surface area contributed by atoms with Gasteiger partial charge in [0.25, 0.3) is 0 Å². The third-order valence-electron chi connectivity index (χ3n) is 3.16. The summed E-state index contributed by atoms with van der Waals surface area (Å²) in [5.74, 6) is -0.926. The van der Waals surface area contributed by atoms with Gasteiger partial charge in [-0.25, -0.2) is 4.79 Å². The lowest BCUT2D eigenvalue weighted by atomic mass is 9.85. The molecule has 5 heteroatoms. The van der Waals surface area contributed by atoms with Crippen LogP contribution in [0.5, 0.6) is 0 Å². The van der Waals surface area contributed by atoms with E-state index in [9.17, 15) is 15.1 Å². The number of methoxy groups -OCH3 is 1. The standard InChI is InChI=1S/C16H15NO4/c1-21-15(18)16(19,13-10-6-3-7-11-13)14(17-20)12-8-4-2-5-9-12/h2-11,19-20H,1H3/b17-14-/t16-/m0/s1. The molecule has 0 aliphatic rings. The third kappa shape index (κ3) is 2.64. The van der Waals surface area contributed by atoms with Crippen molar-refractivity contribution in [2.24, 2.45) is 5.16 Å². The van der Waals surface area contributed by atoms with Gasteiger partial charge in [-0.3, -0.25) is 0 Å². The van der Waals surface area contributed by atoms with Crippen molar-refractivity contribution in [2.75, 3.05) is 7.11 Å². The maximum atomic E-state index is 12.1. The van der Waals surface area contributed by atoms with Crippen LogP contribution in [0.25, 0.3) is 0 Å². The molecule has 0 amide bonds. The molecule has 2 aromatic carbocycles. The maximum Gasteiger partial charge on any atom is 0.349 e. The highest BCUT2D eigenvalue weighted by Crippen LogP contribution is 2.28. The number of rotatable bonds is 4. The average molecular weight is 285 g/mol. The molecule has 0 spiro atoms. The number of carbonyl (C=O) groups is 1. The molecular weight excluding hydrogens is 270 g/mol. The molecule has 0 aliphatic heterocycles. The zero-order valence-corrected chi connectivity index (χ0v) is 11.4. The zero-order valence-electron chi connectivity index (χ0n) is 11.4. The second-order valence-electron chi connectivity index (χ2n) is 4.38. The van der Waals surface area contributed by atoms with Gasteiger partial charge in [-0.2, -0.15) is 0 Å². The Morgan fingerprint density at radius 1 is 1.05 bits per heavy atom. The molecule has 0 fully saturated rings. The summed E-state index contributed by atoms with van der Waals surface area (Å²) in [5.41, 5.74) is -1.71. The van der Waals surface area contributed by atoms with Gasteiger partial charge in [-0.05, 0) is 0 Å². The third-order valence-corrected chi connectivity index (χ3v) is 3.16. The predicted molar refractivity (Wildman–Crippen MR) is 77.1 cm³/mol. The Balaban J connectivity index is 2.63. The first kappa shape index (κ1) is 14.7. The van der Waals surface area contributed by atoms with Gasteiger partial charge >= 0.3 is 5.97 Å². The fourth-order valence-corrected chi connectivity index (χ4v) is 2.11. The highest BCUT2D eigenvalue weighted by molar-refractivity contribution is 6.18. The molecule has 21 heavy (non-hydrogen) atoms. The van der Waals surface area contributed by atoms with E-state index in [1.807, 2.05) is 0 Å². The molecule has 0 heterocycles. The molecule has 2 aromatic rings. The van der Waals surface area contributed by atoms with Gasteiger partial charge in [0.15, 0.2) is 0 Å². The summed E-state index contributed by atoms with van der Waals surface area (Å²) in [6.07, 6.45) is 0. The van der Waals surface area contributed by atoms with Crippen molar-refractivity contribution in [3.05, 3.63) is 71.8 Å². The highest BCUT2D eigenvalue weighted by atomic mass is 16.5. The first-order chi connectivity index (χ1) is 10.1. The number of ether oxygens (including phenoxy) is 1. The second-order valence-corrected chi connectivity index (χ2v) is 4.38. The Morgan fingerprint density at radius 2 is 1.57 bits per heavy atom. The van der Waals surface area contributed by atoms with E-state index in [0.29, 0.717) is 5.56 Å². The molecule has 0 radical (unpaired) electrons. The molecule has 2 rings (SSSR count). The summed E-state index contributed by atoms with van der Waals surface area (Å²) >= 11 is 0. The van der Waals surface area contributed by atoms with Crippen LogP contribution in [0.2, 0.25) is 0 Å². The van der Waals surface area contributed by atoms with E-state index < -0.39 is 11.6 Å². The largest absolute Gasteiger partial charge is 0.466 e. The Hall–Kier alpha value is -2.66. The van der Waals surface area contributed by atoms with Crippen molar-refractivity contribution in [2.45, 2.75) is 5.60 Å². The zero-order chi connectivity index (χ0) is 15.3. The lowest BCUT2D eigenvalue weighted by molar-refractivity contribution is -0.156. The van der Waals surface area contributed by atoms with Crippen LogP contribution in [0.3, 0.4) is 0 Å². The van der Waals surface area contributed by atoms with Crippen molar-refractivity contribution < 1.29 is 19.8 Å². The summed E-state index contributed by atoms with van der Waals surface area (Å²) < 4.78 is 4.69. The molecule has 0 saturated carbocycles. The summed E-state index contributed by atoms with van der Waals surface area (Å²) in [6, 6.07) is 16.7. The molecule has 0 aromatic heterocycles. The van der Waals surface area contributed by atoms with Gasteiger partial charge in [0.2, 0.25) is 5.60 Å². The van der Waals surface area contributed by atoms with Gasteiger partial charge in [-0.15, -0.1) is 0 Å². The Kier molecular flexibility index (Phi) is 4.35. The Bertz CT molecular complexity index is 640. The van der Waals surface area contributed by atoms with Crippen molar-refractivity contribution in [1.29, 1.82) is 0 Å². The van der Waals surface area contributed by atoms with Gasteiger partial charge < -0.3 is 15.1 Å². The number of aliphatic hydroxyl groups is 1. The van der Waals surface area contributed by atoms with E-state index in [0.717, 1.165) is 7.11 Å². The smallest absolute Gasteiger partial charge is 0.349 e. The normalized spacial score (nSPS) is 14.3. The van der Waals surface area contributed by atoms with Crippen LogP contribution in [-0.2, 0) is 15.1 Å². The molecule has 0 bridgehead atoms. The summed E-state index contributed by atoms with van der Waals surface area (Å²) in [6.45, 7) is 0. The topological polar surface area (TPSA) is 79.1 Å². The Labute approximate surface area is 122 Å². The molecule has 108 valence electrons. The highest BCUT2D eigenvalue weighted by Gasteiger charge is 2.45. The SMILES string of the molecule is COC(=O)[C@@](O)(/C(=N\O)c1ccccc1)c1ccccc1. The van der Waals surface area contributed by atoms with Crippen molar-refractivity contribution in [1.82, 2.24) is 0 Å². The minimum atomic E-state index is -2.19. The van der Waals surface area contributed by atoms with E-state index in [2.05, 4.69) is 5.16 Å². The van der Waals surface area contributed by atoms with Crippen molar-refractivity contribution in [3.8, 4) is 0 Å². The van der Waals surface area contributed by atoms with Crippen LogP contribution in [0, 0.1) is 0 Å². The van der Waals surface area contributed by atoms with E-state index in [-0.39, 0.29) is 11.3 Å². The number of hydrogen-bond donors (Lipinski definition) is 2. The van der Waals surface area contributed by atoms with E-state index in [4.69, 9.17) is 4.74 Å². The lowest BCUT2D eigenvalue weighted by Crippen LogP contribution is -2.45. The summed E-state index contributed by atoms with van der Waals surface area (Å²) in [4.78, 5) is 12.1. The van der Waals surface area contributed by atoms with Crippen LogP contribution in [0.4, 0.5) is 0 Å². The van der Waals surface area contributed by atoms with Crippen molar-refractivity contribution >= 4 is 11.7 Å². The van der Waals surface area contributed by atoms with Gasteiger partial charge in [0.05, 0.1) is 7.11 Å². The molecule has 0 saturated heterocycles. The van der Waals surface area contributed by atoms with Crippen LogP contribution < -0.4 is 0 Å². The van der Waals surface area contributed by atoms with E-state index in [1.54, 1.807) is 60.7 Å². The molecule has 5 nitrogen and oxygen atoms in total. The Morgan fingerprint density at radius 3 is 2.05 bits per heavy atom. The number of benzene rings is 2. The summed E-state index contributed by atoms with van der Waals surface area (Å²) in [5, 5.41) is 23.4. The monoisotopic (exact) mass is 285 g/mol. The van der Waals surface area contributed by atoms with Crippen molar-refractivity contribution in [3.63, 3.8) is 0 Å². The maximum absolute atomic E-state index is 12.1. The van der Waals surface area contributed by atoms with E-state index in [1.165, 1.54) is 0 Å². The second kappa shape index (κ2) is 6.19. The van der Waals surface area contributed by atoms with Crippen LogP contribution in [0.1, 0.15) is 11.1 Å². The molecule has 0 unspecified atom stereocenters. The van der Waals surface area contributed by atoms with Crippen LogP contribution in [0.15, 0.2) is 65.8 Å². The molecule has 0 aliphatic carbocycles. The van der Waals surface area contributed by atoms with Crippen LogP contribution >= 0.6 is 0 Å². The number of carbonyl (C=O) groups excluding carboxylic acids is 1. The van der Waals surface area contributed by atoms with Gasteiger partial charge in [-0.1, -0.05) is 65.8 Å². The van der Waals surface area contributed by atoms with Gasteiger partial charge in [0, 0.05) is 11.1 Å². The molecular formula is C16H15NO4. The minimum absolute atomic E-state index is 0.193.